The van der Waals surface area contributed by atoms with Crippen LogP contribution >= 0.6 is 0 Å². The van der Waals surface area contributed by atoms with Crippen molar-refractivity contribution in [1.82, 2.24) is 15.1 Å². The number of nitrogens with zero attached hydrogens (tertiary/aromatic N) is 2. The molecule has 2 aromatic carbocycles. The predicted molar refractivity (Wildman–Crippen MR) is 103 cm³/mol. The van der Waals surface area contributed by atoms with E-state index in [0.29, 0.717) is 31.3 Å². The van der Waals surface area contributed by atoms with E-state index in [2.05, 4.69) is 15.5 Å². The van der Waals surface area contributed by atoms with Gasteiger partial charge in [0.1, 0.15) is 5.82 Å². The van der Waals surface area contributed by atoms with Crippen LogP contribution in [0.15, 0.2) is 48.8 Å². The predicted octanol–water partition coefficient (Wildman–Crippen LogP) is 4.44. The van der Waals surface area contributed by atoms with Crippen molar-refractivity contribution in [3.8, 4) is 0 Å². The average Bonchev–Trinajstić information content (AvgIpc) is 3.21. The van der Waals surface area contributed by atoms with Gasteiger partial charge in [0.25, 0.3) is 0 Å². The van der Waals surface area contributed by atoms with Crippen LogP contribution in [-0.4, -0.2) is 27.5 Å². The Morgan fingerprint density at radius 2 is 2.03 bits per heavy atom. The zero-order valence-corrected chi connectivity index (χ0v) is 15.8. The van der Waals surface area contributed by atoms with Crippen molar-refractivity contribution in [2.45, 2.75) is 25.6 Å². The molecule has 1 aliphatic rings. The highest BCUT2D eigenvalue weighted by molar-refractivity contribution is 5.79. The van der Waals surface area contributed by atoms with Gasteiger partial charge < -0.3 is 10.2 Å². The summed E-state index contributed by atoms with van der Waals surface area (Å²) in [6.07, 6.45) is -0.511. The fourth-order valence-corrected chi connectivity index (χ4v) is 3.54. The summed E-state index contributed by atoms with van der Waals surface area (Å²) < 4.78 is 52.5. The first-order chi connectivity index (χ1) is 14.3. The maximum atomic E-state index is 14.2. The molecule has 0 atom stereocenters. The Labute approximate surface area is 169 Å². The smallest absolute Gasteiger partial charge is 0.353 e. The van der Waals surface area contributed by atoms with Crippen LogP contribution in [0.5, 0.6) is 0 Å². The standard InChI is InChI=1S/C21H18F4N4O/c22-17-9-15(21(23,24)25)4-5-19(17)28-18-3-1-2-14-12-29(7-6-16(14)18)20(30)8-13-10-26-27-11-13/h1-5,9-11,28H,6-8,12H2,(H,26,27). The molecule has 0 aliphatic carbocycles. The average molecular weight is 418 g/mol. The monoisotopic (exact) mass is 418 g/mol. The van der Waals surface area contributed by atoms with Gasteiger partial charge in [-0.2, -0.15) is 18.3 Å². The number of alkyl halides is 3. The van der Waals surface area contributed by atoms with Gasteiger partial charge in [-0.1, -0.05) is 12.1 Å². The summed E-state index contributed by atoms with van der Waals surface area (Å²) in [6.45, 7) is 0.912. The van der Waals surface area contributed by atoms with Crippen LogP contribution in [-0.2, 0) is 30.4 Å². The van der Waals surface area contributed by atoms with Gasteiger partial charge in [0.15, 0.2) is 0 Å². The third-order valence-corrected chi connectivity index (χ3v) is 5.09. The van der Waals surface area contributed by atoms with Crippen molar-refractivity contribution in [2.75, 3.05) is 11.9 Å². The van der Waals surface area contributed by atoms with Crippen LogP contribution in [0.4, 0.5) is 28.9 Å². The highest BCUT2D eigenvalue weighted by Crippen LogP contribution is 2.34. The van der Waals surface area contributed by atoms with E-state index in [1.165, 1.54) is 0 Å². The largest absolute Gasteiger partial charge is 0.416 e. The highest BCUT2D eigenvalue weighted by atomic mass is 19.4. The molecule has 1 aliphatic heterocycles. The number of aromatic nitrogens is 2. The number of fused-ring (bicyclic) bond motifs is 1. The lowest BCUT2D eigenvalue weighted by Gasteiger charge is -2.30. The minimum absolute atomic E-state index is 0.0193. The third kappa shape index (κ3) is 4.14. The summed E-state index contributed by atoms with van der Waals surface area (Å²) in [7, 11) is 0. The topological polar surface area (TPSA) is 61.0 Å². The number of rotatable bonds is 4. The number of carbonyl (C=O) groups excluding carboxylic acids is 1. The molecule has 1 aromatic heterocycles. The molecular weight excluding hydrogens is 400 g/mol. The van der Waals surface area contributed by atoms with E-state index < -0.39 is 17.6 Å². The number of nitrogens with one attached hydrogen (secondary N) is 2. The van der Waals surface area contributed by atoms with Crippen molar-refractivity contribution in [1.29, 1.82) is 0 Å². The molecule has 0 saturated heterocycles. The molecule has 0 saturated carbocycles. The van der Waals surface area contributed by atoms with Crippen LogP contribution in [0.3, 0.4) is 0 Å². The highest BCUT2D eigenvalue weighted by Gasteiger charge is 2.31. The number of anilines is 2. The van der Waals surface area contributed by atoms with Gasteiger partial charge in [-0.3, -0.25) is 9.89 Å². The number of amides is 1. The lowest BCUT2D eigenvalue weighted by Crippen LogP contribution is -2.37. The lowest BCUT2D eigenvalue weighted by atomic mass is 9.97. The maximum absolute atomic E-state index is 14.2. The Hall–Kier alpha value is -3.36. The van der Waals surface area contributed by atoms with E-state index in [4.69, 9.17) is 0 Å². The first-order valence-electron chi connectivity index (χ1n) is 9.31. The normalized spacial score (nSPS) is 13.8. The maximum Gasteiger partial charge on any atom is 0.416 e. The van der Waals surface area contributed by atoms with Crippen LogP contribution in [0, 0.1) is 5.82 Å². The number of halogens is 4. The van der Waals surface area contributed by atoms with E-state index >= 15 is 0 Å². The van der Waals surface area contributed by atoms with Crippen LogP contribution in [0.1, 0.15) is 22.3 Å². The number of carbonyl (C=O) groups is 1. The molecule has 0 spiro atoms. The minimum Gasteiger partial charge on any atom is -0.353 e. The van der Waals surface area contributed by atoms with Crippen molar-refractivity contribution >= 4 is 17.3 Å². The van der Waals surface area contributed by atoms with E-state index in [9.17, 15) is 22.4 Å². The summed E-state index contributed by atoms with van der Waals surface area (Å²) in [5.41, 5.74) is 2.19. The van der Waals surface area contributed by atoms with Gasteiger partial charge in [-0.05, 0) is 47.4 Å². The Morgan fingerprint density at radius 1 is 1.20 bits per heavy atom. The SMILES string of the molecule is O=C(Cc1cn[nH]c1)N1CCc2c(cccc2Nc2ccc(C(F)(F)F)cc2F)C1. The zero-order valence-electron chi connectivity index (χ0n) is 15.8. The van der Waals surface area contributed by atoms with Gasteiger partial charge in [0.05, 0.1) is 23.9 Å². The van der Waals surface area contributed by atoms with Gasteiger partial charge in [-0.25, -0.2) is 4.39 Å². The fourth-order valence-electron chi connectivity index (χ4n) is 3.54. The molecule has 0 unspecified atom stereocenters. The van der Waals surface area contributed by atoms with Gasteiger partial charge in [0.2, 0.25) is 5.91 Å². The van der Waals surface area contributed by atoms with E-state index in [1.807, 2.05) is 6.07 Å². The molecule has 0 bridgehead atoms. The van der Waals surface area contributed by atoms with Crippen molar-refractivity contribution in [2.24, 2.45) is 0 Å². The number of hydrogen-bond acceptors (Lipinski definition) is 3. The summed E-state index contributed by atoms with van der Waals surface area (Å²) in [5, 5.41) is 9.42. The molecule has 5 nitrogen and oxygen atoms in total. The minimum atomic E-state index is -4.60. The fraction of sp³-hybridized carbons (Fsp3) is 0.238. The Morgan fingerprint density at radius 3 is 2.73 bits per heavy atom. The van der Waals surface area contributed by atoms with Crippen LogP contribution in [0.2, 0.25) is 0 Å². The Bertz CT molecular complexity index is 1060. The molecule has 9 heteroatoms. The molecular formula is C21H18F4N4O. The first kappa shape index (κ1) is 19.9. The van der Waals surface area contributed by atoms with E-state index in [1.54, 1.807) is 29.4 Å². The molecule has 0 fully saturated rings. The quantitative estimate of drug-likeness (QED) is 0.616. The zero-order chi connectivity index (χ0) is 21.3. The second-order valence-corrected chi connectivity index (χ2v) is 7.11. The van der Waals surface area contributed by atoms with E-state index in [-0.39, 0.29) is 18.0 Å². The molecule has 4 rings (SSSR count). The van der Waals surface area contributed by atoms with Gasteiger partial charge in [0, 0.05) is 25.0 Å². The summed E-state index contributed by atoms with van der Waals surface area (Å²) in [6, 6.07) is 7.82. The van der Waals surface area contributed by atoms with Crippen LogP contribution in [0.25, 0.3) is 0 Å². The van der Waals surface area contributed by atoms with Gasteiger partial charge in [-0.15, -0.1) is 0 Å². The molecule has 30 heavy (non-hydrogen) atoms. The lowest BCUT2D eigenvalue weighted by molar-refractivity contribution is -0.137. The summed E-state index contributed by atoms with van der Waals surface area (Å²) >= 11 is 0. The molecule has 3 aromatic rings. The third-order valence-electron chi connectivity index (χ3n) is 5.09. The molecule has 1 amide bonds. The number of benzene rings is 2. The van der Waals surface area contributed by atoms with Crippen molar-refractivity contribution in [3.05, 3.63) is 76.9 Å². The summed E-state index contributed by atoms with van der Waals surface area (Å²) in [4.78, 5) is 14.3. The molecule has 156 valence electrons. The van der Waals surface area contributed by atoms with Crippen molar-refractivity contribution in [3.63, 3.8) is 0 Å². The van der Waals surface area contributed by atoms with Gasteiger partial charge >= 0.3 is 6.18 Å². The Kier molecular flexibility index (Phi) is 5.19. The molecule has 2 N–H and O–H groups in total. The molecule has 2 heterocycles. The number of hydrogen-bond donors (Lipinski definition) is 2. The number of H-pyrrole nitrogens is 1. The number of aromatic amines is 1. The molecule has 0 radical (unpaired) electrons. The van der Waals surface area contributed by atoms with Crippen molar-refractivity contribution < 1.29 is 22.4 Å². The van der Waals surface area contributed by atoms with Crippen LogP contribution < -0.4 is 5.32 Å². The second-order valence-electron chi connectivity index (χ2n) is 7.11. The Balaban J connectivity index is 1.51. The second kappa shape index (κ2) is 7.81. The van der Waals surface area contributed by atoms with E-state index in [0.717, 1.165) is 28.8 Å². The summed E-state index contributed by atoms with van der Waals surface area (Å²) in [5.74, 6) is -0.996. The first-order valence-corrected chi connectivity index (χ1v) is 9.31.